The maximum atomic E-state index is 13.1. The first-order valence-corrected chi connectivity index (χ1v) is 9.70. The molecule has 0 radical (unpaired) electrons. The molecule has 150 valence electrons. The average Bonchev–Trinajstić information content (AvgIpc) is 2.68. The number of ketones is 1. The number of carbonyl (C=O) groups excluding carboxylic acids is 2. The molecule has 3 aromatic rings. The Bertz CT molecular complexity index is 1090. The van der Waals surface area contributed by atoms with Gasteiger partial charge in [0.05, 0.1) is 10.0 Å². The van der Waals surface area contributed by atoms with E-state index in [2.05, 4.69) is 4.98 Å². The summed E-state index contributed by atoms with van der Waals surface area (Å²) < 4.78 is 5.72. The van der Waals surface area contributed by atoms with Gasteiger partial charge in [0.25, 0.3) is 11.5 Å². The molecule has 6 nitrogen and oxygen atoms in total. The minimum Gasteiger partial charge on any atom is -0.618 e. The van der Waals surface area contributed by atoms with E-state index in [4.69, 9.17) is 27.9 Å². The first-order valence-electron chi connectivity index (χ1n) is 8.94. The Kier molecular flexibility index (Phi) is 6.35. The number of hydrogen-bond acceptors (Lipinski definition) is 5. The summed E-state index contributed by atoms with van der Waals surface area (Å²) in [5.74, 6) is -0.856. The molecule has 3 rings (SSSR count). The predicted octanol–water partition coefficient (Wildman–Crippen LogP) is 4.50. The summed E-state index contributed by atoms with van der Waals surface area (Å²) in [6.45, 7) is 3.46. The molecule has 0 fully saturated rings. The highest BCUT2D eigenvalue weighted by atomic mass is 35.5. The maximum absolute atomic E-state index is 13.1. The second-order valence-corrected chi connectivity index (χ2v) is 7.72. The van der Waals surface area contributed by atoms with Crippen molar-refractivity contribution in [2.45, 2.75) is 26.9 Å². The zero-order chi connectivity index (χ0) is 21.1. The van der Waals surface area contributed by atoms with Crippen LogP contribution in [-0.4, -0.2) is 16.7 Å². The van der Waals surface area contributed by atoms with Crippen molar-refractivity contribution < 1.29 is 19.1 Å². The van der Waals surface area contributed by atoms with Gasteiger partial charge < -0.3 is 9.94 Å². The van der Waals surface area contributed by atoms with Crippen molar-refractivity contribution in [3.63, 3.8) is 0 Å². The molecule has 0 spiro atoms. The summed E-state index contributed by atoms with van der Waals surface area (Å²) in [4.78, 5) is 29.4. The molecule has 1 aromatic heterocycles. The first-order chi connectivity index (χ1) is 13.8. The second-order valence-electron chi connectivity index (χ2n) is 6.91. The molecule has 0 aliphatic rings. The molecule has 0 N–H and O–H groups in total. The summed E-state index contributed by atoms with van der Waals surface area (Å²) in [6.07, 6.45) is 0.217. The maximum Gasteiger partial charge on any atom is 0.306 e. The second kappa shape index (κ2) is 8.76. The molecule has 0 aliphatic heterocycles. The number of ether oxygens (including phenoxy) is 1. The van der Waals surface area contributed by atoms with E-state index >= 15 is 0 Å². The SMILES string of the molecule is CC(C)CC(=O)OCc1nc2cc(Cl)c(Cl)cc2[n+]([O-])c1C(=O)c1ccccc1. The van der Waals surface area contributed by atoms with Gasteiger partial charge in [-0.25, -0.2) is 4.98 Å². The number of benzene rings is 2. The van der Waals surface area contributed by atoms with E-state index in [0.29, 0.717) is 10.3 Å². The predicted molar refractivity (Wildman–Crippen MR) is 110 cm³/mol. The minimum absolute atomic E-state index is 0.0526. The third-order valence-corrected chi connectivity index (χ3v) is 4.89. The van der Waals surface area contributed by atoms with Crippen LogP contribution >= 0.6 is 23.2 Å². The van der Waals surface area contributed by atoms with Crippen LogP contribution in [0.15, 0.2) is 42.5 Å². The quantitative estimate of drug-likeness (QED) is 0.248. The molecular formula is C21H18Cl2N2O4. The van der Waals surface area contributed by atoms with E-state index in [1.165, 1.54) is 12.1 Å². The van der Waals surface area contributed by atoms with Crippen LogP contribution in [0.3, 0.4) is 0 Å². The van der Waals surface area contributed by atoms with Gasteiger partial charge in [0.2, 0.25) is 5.52 Å². The normalized spacial score (nSPS) is 11.1. The van der Waals surface area contributed by atoms with E-state index in [1.807, 2.05) is 13.8 Å². The van der Waals surface area contributed by atoms with Crippen LogP contribution in [-0.2, 0) is 16.1 Å². The smallest absolute Gasteiger partial charge is 0.306 e. The van der Waals surface area contributed by atoms with Crippen molar-refractivity contribution in [3.05, 3.63) is 74.7 Å². The van der Waals surface area contributed by atoms with Gasteiger partial charge in [0, 0.05) is 18.1 Å². The fourth-order valence-electron chi connectivity index (χ4n) is 2.81. The summed E-state index contributed by atoms with van der Waals surface area (Å²) in [5.41, 5.74) is 0.481. The lowest BCUT2D eigenvalue weighted by atomic mass is 10.1. The van der Waals surface area contributed by atoms with Gasteiger partial charge in [-0.3, -0.25) is 9.59 Å². The third kappa shape index (κ3) is 4.66. The Hall–Kier alpha value is -2.70. The first kappa shape index (κ1) is 21.0. The van der Waals surface area contributed by atoms with Crippen LogP contribution in [0.1, 0.15) is 42.0 Å². The molecule has 1 heterocycles. The standard InChI is InChI=1S/C21H18Cl2N2O4/c1-12(2)8-19(26)29-11-17-20(21(27)13-6-4-3-5-7-13)25(28)18-10-15(23)14(22)9-16(18)24-17/h3-7,9-10,12H,8,11H2,1-2H3. The Morgan fingerprint density at radius 3 is 2.45 bits per heavy atom. The third-order valence-electron chi connectivity index (χ3n) is 4.16. The number of fused-ring (bicyclic) bond motifs is 1. The summed E-state index contributed by atoms with van der Waals surface area (Å²) in [5, 5.41) is 13.4. The van der Waals surface area contributed by atoms with Crippen molar-refractivity contribution >= 4 is 46.0 Å². The lowest BCUT2D eigenvalue weighted by Crippen LogP contribution is -2.38. The van der Waals surface area contributed by atoms with Crippen LogP contribution < -0.4 is 4.73 Å². The van der Waals surface area contributed by atoms with Crippen molar-refractivity contribution in [1.29, 1.82) is 0 Å². The van der Waals surface area contributed by atoms with Crippen LogP contribution in [0.25, 0.3) is 11.0 Å². The molecular weight excluding hydrogens is 415 g/mol. The van der Waals surface area contributed by atoms with Crippen LogP contribution in [0.5, 0.6) is 0 Å². The number of esters is 1. The van der Waals surface area contributed by atoms with Gasteiger partial charge in [-0.1, -0.05) is 67.4 Å². The molecule has 0 amide bonds. The van der Waals surface area contributed by atoms with Gasteiger partial charge >= 0.3 is 5.97 Å². The van der Waals surface area contributed by atoms with Crippen molar-refractivity contribution in [2.24, 2.45) is 5.92 Å². The van der Waals surface area contributed by atoms with Gasteiger partial charge in [0.15, 0.2) is 5.69 Å². The number of carbonyl (C=O) groups is 2. The molecule has 29 heavy (non-hydrogen) atoms. The van der Waals surface area contributed by atoms with E-state index < -0.39 is 11.8 Å². The topological polar surface area (TPSA) is 83.2 Å². The van der Waals surface area contributed by atoms with Crippen LogP contribution in [0.4, 0.5) is 0 Å². The van der Waals surface area contributed by atoms with Crippen molar-refractivity contribution in [3.8, 4) is 0 Å². The summed E-state index contributed by atoms with van der Waals surface area (Å²) in [6, 6.07) is 11.1. The Morgan fingerprint density at radius 2 is 1.79 bits per heavy atom. The Morgan fingerprint density at radius 1 is 1.14 bits per heavy atom. The molecule has 2 aromatic carbocycles. The lowest BCUT2D eigenvalue weighted by molar-refractivity contribution is -0.580. The summed E-state index contributed by atoms with van der Waals surface area (Å²) >= 11 is 12.1. The monoisotopic (exact) mass is 432 g/mol. The molecule has 0 aliphatic carbocycles. The van der Waals surface area contributed by atoms with Crippen molar-refractivity contribution in [1.82, 2.24) is 4.98 Å². The number of halogens is 2. The molecule has 0 saturated carbocycles. The van der Waals surface area contributed by atoms with E-state index in [0.717, 1.165) is 0 Å². The fourth-order valence-corrected chi connectivity index (χ4v) is 3.12. The molecule has 8 heteroatoms. The fraction of sp³-hybridized carbons (Fsp3) is 0.238. The molecule has 0 atom stereocenters. The van der Waals surface area contributed by atoms with Crippen molar-refractivity contribution in [2.75, 3.05) is 0 Å². The number of nitrogens with zero attached hydrogens (tertiary/aromatic N) is 2. The van der Waals surface area contributed by atoms with E-state index in [9.17, 15) is 14.8 Å². The Labute approximate surface area is 177 Å². The molecule has 0 unspecified atom stereocenters. The molecule has 0 saturated heterocycles. The zero-order valence-electron chi connectivity index (χ0n) is 15.8. The largest absolute Gasteiger partial charge is 0.618 e. The van der Waals surface area contributed by atoms with Gasteiger partial charge in [-0.2, -0.15) is 4.73 Å². The van der Waals surface area contributed by atoms with Gasteiger partial charge in [-0.15, -0.1) is 0 Å². The van der Waals surface area contributed by atoms with E-state index in [1.54, 1.807) is 30.3 Å². The van der Waals surface area contributed by atoms with Crippen LogP contribution in [0, 0.1) is 11.1 Å². The van der Waals surface area contributed by atoms with E-state index in [-0.39, 0.29) is 51.4 Å². The van der Waals surface area contributed by atoms with Gasteiger partial charge in [0.1, 0.15) is 12.1 Å². The lowest BCUT2D eigenvalue weighted by Gasteiger charge is -2.13. The summed E-state index contributed by atoms with van der Waals surface area (Å²) in [7, 11) is 0. The minimum atomic E-state index is -0.531. The van der Waals surface area contributed by atoms with Crippen LogP contribution in [0.2, 0.25) is 10.0 Å². The number of aromatic nitrogens is 2. The highest BCUT2D eigenvalue weighted by molar-refractivity contribution is 6.42. The highest BCUT2D eigenvalue weighted by Gasteiger charge is 2.28. The Balaban J connectivity index is 2.12. The number of hydrogen-bond donors (Lipinski definition) is 0. The zero-order valence-corrected chi connectivity index (χ0v) is 17.3. The average molecular weight is 433 g/mol. The highest BCUT2D eigenvalue weighted by Crippen LogP contribution is 2.26. The molecule has 0 bridgehead atoms. The number of rotatable bonds is 6. The van der Waals surface area contributed by atoms with Gasteiger partial charge in [-0.05, 0) is 12.0 Å².